The number of H-pyrrole nitrogens is 1. The molecule has 3 aromatic heterocycles. The topological polar surface area (TPSA) is 162 Å². The summed E-state index contributed by atoms with van der Waals surface area (Å²) >= 11 is 0. The van der Waals surface area contributed by atoms with Crippen molar-refractivity contribution in [2.24, 2.45) is 0 Å². The van der Waals surface area contributed by atoms with Crippen LogP contribution in [-0.4, -0.2) is 96.4 Å². The van der Waals surface area contributed by atoms with Crippen LogP contribution >= 0.6 is 0 Å². The highest BCUT2D eigenvalue weighted by Gasteiger charge is 2.12. The number of nitrogens with zero attached hydrogens (tertiary/aromatic N) is 6. The average molecular weight is 862 g/mol. The van der Waals surface area contributed by atoms with E-state index in [1.54, 1.807) is 33.5 Å². The third-order valence-corrected chi connectivity index (χ3v) is 10.2. The molecule has 0 radical (unpaired) electrons. The molecular formula is C50H55N9O5. The SMILES string of the molecule is COc1ccc(CCNc2cc(-c3cccc(-c4cc(C)[nH]n4)c3)nc(OC)n2)cc1.COc1ccc(CCNc2cc(-c3cccc(C(=O)/C=C(\C)N(C)C)c3)nc(OC)n2)cc1. The summed E-state index contributed by atoms with van der Waals surface area (Å²) < 4.78 is 21.1. The molecule has 0 spiro atoms. The van der Waals surface area contributed by atoms with E-state index in [1.165, 1.54) is 18.2 Å². The van der Waals surface area contributed by atoms with Crippen LogP contribution in [0, 0.1) is 6.92 Å². The van der Waals surface area contributed by atoms with Crippen molar-refractivity contribution >= 4 is 17.4 Å². The summed E-state index contributed by atoms with van der Waals surface area (Å²) in [4.78, 5) is 32.4. The molecule has 0 aliphatic heterocycles. The van der Waals surface area contributed by atoms with Gasteiger partial charge in [0, 0.05) is 79.0 Å². The van der Waals surface area contributed by atoms with Crippen molar-refractivity contribution in [2.75, 3.05) is 66.3 Å². The Morgan fingerprint density at radius 3 is 1.55 bits per heavy atom. The molecule has 64 heavy (non-hydrogen) atoms. The minimum atomic E-state index is -0.0538. The number of ether oxygens (including phenoxy) is 4. The van der Waals surface area contributed by atoms with Gasteiger partial charge in [-0.2, -0.15) is 25.0 Å². The molecule has 14 heteroatoms. The van der Waals surface area contributed by atoms with E-state index in [1.807, 2.05) is 124 Å². The minimum Gasteiger partial charge on any atom is -0.497 e. The van der Waals surface area contributed by atoms with Gasteiger partial charge in [-0.1, -0.05) is 60.7 Å². The maximum Gasteiger partial charge on any atom is 0.318 e. The molecule has 0 amide bonds. The molecule has 0 bridgehead atoms. The van der Waals surface area contributed by atoms with Crippen molar-refractivity contribution in [3.8, 4) is 57.3 Å². The molecule has 0 saturated carbocycles. The second-order valence-electron chi connectivity index (χ2n) is 14.9. The normalized spacial score (nSPS) is 10.9. The third kappa shape index (κ3) is 12.9. The Kier molecular flexibility index (Phi) is 16.0. The first-order valence-corrected chi connectivity index (χ1v) is 20.8. The zero-order valence-corrected chi connectivity index (χ0v) is 37.6. The van der Waals surface area contributed by atoms with E-state index in [-0.39, 0.29) is 11.8 Å². The number of hydrogen-bond acceptors (Lipinski definition) is 13. The number of benzene rings is 4. The fourth-order valence-electron chi connectivity index (χ4n) is 6.40. The van der Waals surface area contributed by atoms with Gasteiger partial charge in [-0.3, -0.25) is 9.89 Å². The van der Waals surface area contributed by atoms with Crippen LogP contribution in [0.3, 0.4) is 0 Å². The summed E-state index contributed by atoms with van der Waals surface area (Å²) in [6.07, 6.45) is 3.32. The van der Waals surface area contributed by atoms with E-state index >= 15 is 0 Å². The van der Waals surface area contributed by atoms with Gasteiger partial charge in [-0.25, -0.2) is 0 Å². The van der Waals surface area contributed by atoms with E-state index in [4.69, 9.17) is 18.9 Å². The lowest BCUT2D eigenvalue weighted by Crippen LogP contribution is -2.10. The number of nitrogens with one attached hydrogen (secondary N) is 3. The van der Waals surface area contributed by atoms with Crippen LogP contribution in [0.1, 0.15) is 34.1 Å². The number of aromatic amines is 1. The highest BCUT2D eigenvalue weighted by molar-refractivity contribution is 6.05. The van der Waals surface area contributed by atoms with Crippen molar-refractivity contribution < 1.29 is 23.7 Å². The lowest BCUT2D eigenvalue weighted by Gasteiger charge is -2.12. The highest BCUT2D eigenvalue weighted by atomic mass is 16.5. The predicted molar refractivity (Wildman–Crippen MR) is 253 cm³/mol. The van der Waals surface area contributed by atoms with Crippen LogP contribution in [0.25, 0.3) is 33.8 Å². The first-order chi connectivity index (χ1) is 31.0. The van der Waals surface area contributed by atoms with Crippen molar-refractivity contribution in [3.63, 3.8) is 0 Å². The zero-order valence-electron chi connectivity index (χ0n) is 37.6. The van der Waals surface area contributed by atoms with Crippen LogP contribution in [0.5, 0.6) is 23.5 Å². The van der Waals surface area contributed by atoms with E-state index in [0.717, 1.165) is 76.2 Å². The lowest BCUT2D eigenvalue weighted by molar-refractivity contribution is 0.104. The summed E-state index contributed by atoms with van der Waals surface area (Å²) in [5, 5.41) is 14.0. The molecule has 3 heterocycles. The number of allylic oxidation sites excluding steroid dienone is 2. The molecule has 4 aromatic carbocycles. The fourth-order valence-corrected chi connectivity index (χ4v) is 6.40. The molecule has 7 aromatic rings. The number of rotatable bonds is 18. The van der Waals surface area contributed by atoms with Crippen molar-refractivity contribution in [1.82, 2.24) is 35.0 Å². The van der Waals surface area contributed by atoms with Crippen LogP contribution in [0.2, 0.25) is 0 Å². The van der Waals surface area contributed by atoms with Gasteiger partial charge in [0.1, 0.15) is 23.1 Å². The second-order valence-corrected chi connectivity index (χ2v) is 14.9. The van der Waals surface area contributed by atoms with E-state index in [0.29, 0.717) is 29.6 Å². The van der Waals surface area contributed by atoms with Gasteiger partial charge in [0.15, 0.2) is 5.78 Å². The number of carbonyl (C=O) groups excluding carboxylic acids is 1. The van der Waals surface area contributed by atoms with Crippen molar-refractivity contribution in [3.05, 3.63) is 149 Å². The first kappa shape index (κ1) is 45.8. The van der Waals surface area contributed by atoms with E-state index in [2.05, 4.69) is 59.0 Å². The number of hydrogen-bond donors (Lipinski definition) is 3. The largest absolute Gasteiger partial charge is 0.497 e. The van der Waals surface area contributed by atoms with Crippen LogP contribution in [0.15, 0.2) is 127 Å². The zero-order chi connectivity index (χ0) is 45.4. The van der Waals surface area contributed by atoms with Crippen LogP contribution in [-0.2, 0) is 12.8 Å². The molecular weight excluding hydrogens is 807 g/mol. The van der Waals surface area contributed by atoms with Crippen LogP contribution < -0.4 is 29.6 Å². The Labute approximate surface area is 374 Å². The number of carbonyl (C=O) groups is 1. The summed E-state index contributed by atoms with van der Waals surface area (Å²) in [5.74, 6) is 3.02. The van der Waals surface area contributed by atoms with Crippen LogP contribution in [0.4, 0.5) is 11.6 Å². The van der Waals surface area contributed by atoms with Crippen molar-refractivity contribution in [1.29, 1.82) is 0 Å². The fraction of sp³-hybridized carbons (Fsp3) is 0.240. The summed E-state index contributed by atoms with van der Waals surface area (Å²) in [6.45, 7) is 5.32. The van der Waals surface area contributed by atoms with Gasteiger partial charge in [0.05, 0.1) is 45.5 Å². The molecule has 0 aliphatic rings. The molecule has 14 nitrogen and oxygen atoms in total. The van der Waals surface area contributed by atoms with Crippen molar-refractivity contribution in [2.45, 2.75) is 26.7 Å². The second kappa shape index (κ2) is 22.4. The quantitative estimate of drug-likeness (QED) is 0.0555. The molecule has 0 atom stereocenters. The number of anilines is 2. The van der Waals surface area contributed by atoms with E-state index < -0.39 is 0 Å². The van der Waals surface area contributed by atoms with Gasteiger partial charge in [0.25, 0.3) is 0 Å². The molecule has 0 aliphatic carbocycles. The average Bonchev–Trinajstić information content (AvgIpc) is 3.78. The van der Waals surface area contributed by atoms with Gasteiger partial charge < -0.3 is 34.5 Å². The number of aryl methyl sites for hydroxylation is 1. The Morgan fingerprint density at radius 2 is 1.09 bits per heavy atom. The first-order valence-electron chi connectivity index (χ1n) is 20.8. The van der Waals surface area contributed by atoms with Gasteiger partial charge in [-0.05, 0) is 80.3 Å². The highest BCUT2D eigenvalue weighted by Crippen LogP contribution is 2.28. The Balaban J connectivity index is 0.000000213. The Bertz CT molecular complexity index is 2640. The maximum absolute atomic E-state index is 12.7. The molecule has 3 N–H and O–H groups in total. The Morgan fingerprint density at radius 1 is 0.609 bits per heavy atom. The number of methoxy groups -OCH3 is 4. The molecule has 0 saturated heterocycles. The Hall–Kier alpha value is -7.74. The smallest absolute Gasteiger partial charge is 0.318 e. The minimum absolute atomic E-state index is 0.0538. The standard InChI is InChI=1S/C26H30N4O3.C24H25N5O2/c1-18(30(2)3)15-24(31)21-8-6-7-20(16-21)23-17-25(29-26(28-23)33-5)27-14-13-19-9-11-22(32-4)12-10-19;1-16-13-22(29-28-16)19-6-4-5-18(14-19)21-15-23(27-24(26-21)31-3)25-12-11-17-7-9-20(30-2)10-8-17/h6-12,15-17H,13-14H2,1-5H3,(H,27,28,29);4-10,13-15H,11-12H2,1-3H3,(H,28,29)(H,25,26,27)/b18-15+;. The summed E-state index contributed by atoms with van der Waals surface area (Å²) in [7, 11) is 10.3. The van der Waals surface area contributed by atoms with Gasteiger partial charge >= 0.3 is 12.0 Å². The summed E-state index contributed by atoms with van der Waals surface area (Å²) in [6, 6.07) is 38.0. The van der Waals surface area contributed by atoms with E-state index in [9.17, 15) is 4.79 Å². The number of ketones is 1. The number of aromatic nitrogens is 6. The molecule has 0 unspecified atom stereocenters. The predicted octanol–water partition coefficient (Wildman–Crippen LogP) is 8.98. The molecule has 7 rings (SSSR count). The third-order valence-electron chi connectivity index (χ3n) is 10.2. The maximum atomic E-state index is 12.7. The molecule has 330 valence electrons. The lowest BCUT2D eigenvalue weighted by atomic mass is 10.0. The summed E-state index contributed by atoms with van der Waals surface area (Å²) in [5.41, 5.74) is 10.1. The van der Waals surface area contributed by atoms with Gasteiger partial charge in [0.2, 0.25) is 0 Å². The molecule has 0 fully saturated rings. The van der Waals surface area contributed by atoms with Gasteiger partial charge in [-0.15, -0.1) is 0 Å². The monoisotopic (exact) mass is 861 g/mol.